The highest BCUT2D eigenvalue weighted by atomic mass is 16.5. The lowest BCUT2D eigenvalue weighted by Gasteiger charge is -2.32. The third kappa shape index (κ3) is 3.34. The molecule has 1 aliphatic heterocycles. The monoisotopic (exact) mass is 316 g/mol. The number of hydrogen-bond acceptors (Lipinski definition) is 4. The number of hydrogen-bond donors (Lipinski definition) is 2. The quantitative estimate of drug-likeness (QED) is 0.892. The van der Waals surface area contributed by atoms with Gasteiger partial charge in [0.05, 0.1) is 12.7 Å². The van der Waals surface area contributed by atoms with Crippen molar-refractivity contribution in [2.24, 2.45) is 11.7 Å². The van der Waals surface area contributed by atoms with Gasteiger partial charge >= 0.3 is 0 Å². The third-order valence-corrected chi connectivity index (χ3v) is 4.75. The lowest BCUT2D eigenvalue weighted by molar-refractivity contribution is -0.119. The van der Waals surface area contributed by atoms with Crippen LogP contribution in [0.2, 0.25) is 0 Å². The maximum Gasteiger partial charge on any atom is 0.250 e. The van der Waals surface area contributed by atoms with E-state index < -0.39 is 0 Å². The molecular weight excluding hydrogens is 292 g/mol. The Morgan fingerprint density at radius 2 is 2.22 bits per heavy atom. The molecule has 1 aliphatic carbocycles. The summed E-state index contributed by atoms with van der Waals surface area (Å²) in [5.74, 6) is 1.71. The number of fused-ring (bicyclic) bond motifs is 1. The van der Waals surface area contributed by atoms with Gasteiger partial charge in [-0.1, -0.05) is 25.0 Å². The molecule has 0 saturated heterocycles. The molecule has 1 saturated carbocycles. The van der Waals surface area contributed by atoms with Crippen molar-refractivity contribution in [3.63, 3.8) is 0 Å². The van der Waals surface area contributed by atoms with Gasteiger partial charge in [-0.2, -0.15) is 0 Å². The van der Waals surface area contributed by atoms with Crippen LogP contribution in [0.25, 0.3) is 6.08 Å². The predicted octanol–water partition coefficient (Wildman–Crippen LogP) is 2.10. The number of ether oxygens (including phenoxy) is 2. The number of carbonyl (C=O) groups excluding carboxylic acids is 1. The van der Waals surface area contributed by atoms with E-state index in [1.54, 1.807) is 7.11 Å². The second-order valence-corrected chi connectivity index (χ2v) is 6.20. The highest BCUT2D eigenvalue weighted by Crippen LogP contribution is 2.35. The van der Waals surface area contributed by atoms with Crippen LogP contribution < -0.4 is 20.5 Å². The molecular formula is C18H24N2O3. The third-order valence-electron chi connectivity index (χ3n) is 4.75. The fourth-order valence-electron chi connectivity index (χ4n) is 3.41. The second-order valence-electron chi connectivity index (χ2n) is 6.20. The number of nitrogens with one attached hydrogen (secondary N) is 1. The van der Waals surface area contributed by atoms with Gasteiger partial charge in [0.25, 0.3) is 5.91 Å². The molecule has 0 aromatic heterocycles. The van der Waals surface area contributed by atoms with Crippen LogP contribution in [0.15, 0.2) is 23.8 Å². The van der Waals surface area contributed by atoms with Gasteiger partial charge < -0.3 is 20.5 Å². The van der Waals surface area contributed by atoms with E-state index in [1.807, 2.05) is 24.3 Å². The number of benzene rings is 1. The molecule has 2 atom stereocenters. The van der Waals surface area contributed by atoms with Crippen molar-refractivity contribution >= 4 is 12.0 Å². The number of nitrogens with two attached hydrogens (primary N) is 1. The Labute approximate surface area is 136 Å². The van der Waals surface area contributed by atoms with Gasteiger partial charge in [-0.3, -0.25) is 4.79 Å². The van der Waals surface area contributed by atoms with Crippen LogP contribution in [-0.2, 0) is 4.79 Å². The molecule has 2 unspecified atom stereocenters. The Balaban J connectivity index is 1.74. The molecule has 1 fully saturated rings. The minimum absolute atomic E-state index is 0.0520. The Morgan fingerprint density at radius 1 is 1.39 bits per heavy atom. The Morgan fingerprint density at radius 3 is 3.00 bits per heavy atom. The molecule has 1 heterocycles. The summed E-state index contributed by atoms with van der Waals surface area (Å²) >= 11 is 0. The van der Waals surface area contributed by atoms with Crippen molar-refractivity contribution in [2.45, 2.75) is 31.7 Å². The van der Waals surface area contributed by atoms with Crippen LogP contribution in [0.1, 0.15) is 31.2 Å². The van der Waals surface area contributed by atoms with Gasteiger partial charge in [0.15, 0.2) is 11.5 Å². The van der Waals surface area contributed by atoms with Crippen molar-refractivity contribution < 1.29 is 14.3 Å². The number of carbonyl (C=O) groups is 1. The molecule has 3 rings (SSSR count). The van der Waals surface area contributed by atoms with Crippen LogP contribution in [0.3, 0.4) is 0 Å². The average molecular weight is 316 g/mol. The predicted molar refractivity (Wildman–Crippen MR) is 89.4 cm³/mol. The lowest BCUT2D eigenvalue weighted by Crippen LogP contribution is -2.45. The topological polar surface area (TPSA) is 73.6 Å². The molecule has 124 valence electrons. The molecule has 0 bridgehead atoms. The van der Waals surface area contributed by atoms with Gasteiger partial charge in [-0.15, -0.1) is 0 Å². The number of para-hydroxylation sites is 1. The van der Waals surface area contributed by atoms with E-state index in [9.17, 15) is 4.79 Å². The highest BCUT2D eigenvalue weighted by Gasteiger charge is 2.27. The first-order valence-corrected chi connectivity index (χ1v) is 8.24. The average Bonchev–Trinajstić information content (AvgIpc) is 2.61. The summed E-state index contributed by atoms with van der Waals surface area (Å²) in [5, 5.41) is 3.15. The summed E-state index contributed by atoms with van der Waals surface area (Å²) in [5.41, 5.74) is 7.36. The van der Waals surface area contributed by atoms with Crippen molar-refractivity contribution in [1.82, 2.24) is 5.32 Å². The van der Waals surface area contributed by atoms with Gasteiger partial charge in [0.1, 0.15) is 6.61 Å². The summed E-state index contributed by atoms with van der Waals surface area (Å²) in [6.07, 6.45) is 6.34. The van der Waals surface area contributed by atoms with Crippen LogP contribution in [0, 0.1) is 5.92 Å². The molecule has 3 N–H and O–H groups in total. The van der Waals surface area contributed by atoms with Gasteiger partial charge in [-0.25, -0.2) is 0 Å². The first-order valence-electron chi connectivity index (χ1n) is 8.24. The minimum atomic E-state index is -0.0520. The summed E-state index contributed by atoms with van der Waals surface area (Å²) in [4.78, 5) is 12.6. The number of rotatable bonds is 4. The van der Waals surface area contributed by atoms with E-state index in [0.717, 1.165) is 24.8 Å². The molecule has 0 radical (unpaired) electrons. The Hall–Kier alpha value is -2.01. The summed E-state index contributed by atoms with van der Waals surface area (Å²) in [7, 11) is 1.61. The van der Waals surface area contributed by atoms with Gasteiger partial charge in [-0.05, 0) is 37.4 Å². The van der Waals surface area contributed by atoms with Crippen molar-refractivity contribution in [3.05, 3.63) is 29.3 Å². The Kier molecular flexibility index (Phi) is 4.86. The zero-order chi connectivity index (χ0) is 16.2. The SMILES string of the molecule is COc1cccc2c1OCC(C(=O)NC1CCCCC1CN)=C2. The fraction of sp³-hybridized carbons (Fsp3) is 0.500. The smallest absolute Gasteiger partial charge is 0.250 e. The van der Waals surface area contributed by atoms with Crippen LogP contribution in [0.4, 0.5) is 0 Å². The maximum atomic E-state index is 12.6. The molecule has 1 amide bonds. The zero-order valence-electron chi connectivity index (χ0n) is 13.5. The summed E-state index contributed by atoms with van der Waals surface area (Å²) in [6.45, 7) is 0.889. The van der Waals surface area contributed by atoms with Gasteiger partial charge in [0.2, 0.25) is 0 Å². The zero-order valence-corrected chi connectivity index (χ0v) is 13.5. The van der Waals surface area contributed by atoms with Crippen molar-refractivity contribution in [1.29, 1.82) is 0 Å². The lowest BCUT2D eigenvalue weighted by atomic mass is 9.84. The van der Waals surface area contributed by atoms with E-state index >= 15 is 0 Å². The Bertz CT molecular complexity index is 612. The normalized spacial score (nSPS) is 23.3. The molecule has 1 aromatic rings. The molecule has 2 aliphatic rings. The van der Waals surface area contributed by atoms with E-state index in [2.05, 4.69) is 5.32 Å². The fourth-order valence-corrected chi connectivity index (χ4v) is 3.41. The molecule has 0 spiro atoms. The van der Waals surface area contributed by atoms with Crippen LogP contribution in [-0.4, -0.2) is 32.2 Å². The second kappa shape index (κ2) is 7.04. The maximum absolute atomic E-state index is 12.6. The first-order chi connectivity index (χ1) is 11.2. The summed E-state index contributed by atoms with van der Waals surface area (Å²) < 4.78 is 11.0. The minimum Gasteiger partial charge on any atom is -0.493 e. The van der Waals surface area contributed by atoms with E-state index in [0.29, 0.717) is 29.5 Å². The van der Waals surface area contributed by atoms with E-state index in [4.69, 9.17) is 15.2 Å². The molecule has 5 nitrogen and oxygen atoms in total. The largest absolute Gasteiger partial charge is 0.493 e. The van der Waals surface area contributed by atoms with Crippen LogP contribution >= 0.6 is 0 Å². The van der Waals surface area contributed by atoms with Crippen molar-refractivity contribution in [2.75, 3.05) is 20.3 Å². The number of methoxy groups -OCH3 is 1. The van der Waals surface area contributed by atoms with Crippen LogP contribution in [0.5, 0.6) is 11.5 Å². The molecule has 1 aromatic carbocycles. The number of amides is 1. The highest BCUT2D eigenvalue weighted by molar-refractivity contribution is 5.99. The summed E-state index contributed by atoms with van der Waals surface area (Å²) in [6, 6.07) is 5.84. The molecule has 5 heteroatoms. The van der Waals surface area contributed by atoms with Gasteiger partial charge in [0, 0.05) is 11.6 Å². The standard InChI is InChI=1S/C18H24N2O3/c1-22-16-8-4-6-12-9-14(11-23-17(12)16)18(21)20-15-7-3-2-5-13(15)10-19/h4,6,8-9,13,15H,2-3,5,7,10-11,19H2,1H3,(H,20,21). The molecule has 23 heavy (non-hydrogen) atoms. The van der Waals surface area contributed by atoms with E-state index in [1.165, 1.54) is 6.42 Å². The first kappa shape index (κ1) is 15.9. The van der Waals surface area contributed by atoms with Crippen molar-refractivity contribution in [3.8, 4) is 11.5 Å². The van der Waals surface area contributed by atoms with E-state index in [-0.39, 0.29) is 18.6 Å².